The number of benzene rings is 2. The minimum Gasteiger partial charge on any atom is -0.236 e. The zero-order valence-corrected chi connectivity index (χ0v) is 12.1. The average molecular weight is 340 g/mol. The van der Waals surface area contributed by atoms with Crippen molar-refractivity contribution in [2.45, 2.75) is 5.33 Å². The van der Waals surface area contributed by atoms with Crippen molar-refractivity contribution in [3.8, 4) is 10.6 Å². The molecule has 0 unspecified atom stereocenters. The van der Waals surface area contributed by atoms with Gasteiger partial charge in [-0.05, 0) is 29.8 Å². The van der Waals surface area contributed by atoms with Gasteiger partial charge in [0.15, 0.2) is 0 Å². The summed E-state index contributed by atoms with van der Waals surface area (Å²) in [6, 6.07) is 9.45. The number of halogens is 3. The zero-order valence-electron chi connectivity index (χ0n) is 9.66. The first-order chi connectivity index (χ1) is 9.17. The molecule has 0 aliphatic rings. The lowest BCUT2D eigenvalue weighted by Gasteiger charge is -2.01. The van der Waals surface area contributed by atoms with Crippen LogP contribution in [0.2, 0.25) is 0 Å². The van der Waals surface area contributed by atoms with Gasteiger partial charge in [0.1, 0.15) is 16.6 Å². The number of hydrogen-bond donors (Lipinski definition) is 0. The molecule has 3 rings (SSSR count). The van der Waals surface area contributed by atoms with E-state index < -0.39 is 0 Å². The Labute approximate surface area is 121 Å². The van der Waals surface area contributed by atoms with Crippen molar-refractivity contribution in [1.82, 2.24) is 4.98 Å². The van der Waals surface area contributed by atoms with Crippen LogP contribution in [0.3, 0.4) is 0 Å². The molecule has 1 heterocycles. The van der Waals surface area contributed by atoms with Crippen molar-refractivity contribution >= 4 is 37.5 Å². The molecule has 0 saturated carbocycles. The predicted molar refractivity (Wildman–Crippen MR) is 77.6 cm³/mol. The fourth-order valence-electron chi connectivity index (χ4n) is 1.83. The highest BCUT2D eigenvalue weighted by atomic mass is 79.9. The molecule has 96 valence electrons. The largest absolute Gasteiger partial charge is 0.236 e. The van der Waals surface area contributed by atoms with Gasteiger partial charge in [0.05, 0.1) is 10.2 Å². The van der Waals surface area contributed by atoms with Crippen LogP contribution in [0, 0.1) is 11.6 Å². The number of thiazole rings is 1. The minimum absolute atomic E-state index is 0.309. The summed E-state index contributed by atoms with van der Waals surface area (Å²) in [6.07, 6.45) is 0. The molecule has 2 aromatic carbocycles. The lowest BCUT2D eigenvalue weighted by atomic mass is 10.1. The molecule has 19 heavy (non-hydrogen) atoms. The van der Waals surface area contributed by atoms with Crippen LogP contribution in [0.1, 0.15) is 5.56 Å². The molecule has 3 aromatic rings. The predicted octanol–water partition coefficient (Wildman–Crippen LogP) is 5.14. The van der Waals surface area contributed by atoms with Crippen LogP contribution < -0.4 is 0 Å². The molecule has 0 amide bonds. The van der Waals surface area contributed by atoms with E-state index in [4.69, 9.17) is 0 Å². The van der Waals surface area contributed by atoms with Crippen LogP contribution in [0.5, 0.6) is 0 Å². The molecule has 0 aliphatic carbocycles. The SMILES string of the molecule is Fc1ccc2sc(-c3ccc(CBr)cc3F)nc2c1. The molecule has 0 saturated heterocycles. The van der Waals surface area contributed by atoms with E-state index in [1.165, 1.54) is 29.5 Å². The Morgan fingerprint density at radius 2 is 1.95 bits per heavy atom. The topological polar surface area (TPSA) is 12.9 Å². The number of alkyl halides is 1. The smallest absolute Gasteiger partial charge is 0.133 e. The van der Waals surface area contributed by atoms with Gasteiger partial charge in [0, 0.05) is 17.0 Å². The van der Waals surface area contributed by atoms with Crippen LogP contribution in [0.25, 0.3) is 20.8 Å². The van der Waals surface area contributed by atoms with Crippen molar-refractivity contribution in [2.75, 3.05) is 0 Å². The summed E-state index contributed by atoms with van der Waals surface area (Å²) in [5.74, 6) is -0.643. The summed E-state index contributed by atoms with van der Waals surface area (Å²) in [6.45, 7) is 0. The van der Waals surface area contributed by atoms with Gasteiger partial charge in [-0.25, -0.2) is 13.8 Å². The first-order valence-electron chi connectivity index (χ1n) is 5.58. The van der Waals surface area contributed by atoms with E-state index in [0.717, 1.165) is 10.3 Å². The molecule has 0 fully saturated rings. The standard InChI is InChI=1S/C14H8BrF2NS/c15-7-8-1-3-10(11(17)5-8)14-18-12-6-9(16)2-4-13(12)19-14/h1-6H,7H2. The first kappa shape index (κ1) is 12.7. The van der Waals surface area contributed by atoms with Gasteiger partial charge in [-0.2, -0.15) is 0 Å². The lowest BCUT2D eigenvalue weighted by molar-refractivity contribution is 0.629. The molecule has 0 aliphatic heterocycles. The van der Waals surface area contributed by atoms with Crippen LogP contribution >= 0.6 is 27.3 Å². The minimum atomic E-state index is -0.334. The average Bonchev–Trinajstić information content (AvgIpc) is 2.81. The van der Waals surface area contributed by atoms with Crippen LogP contribution in [0.15, 0.2) is 36.4 Å². The summed E-state index contributed by atoms with van der Waals surface area (Å²) in [5.41, 5.74) is 1.88. The second kappa shape index (κ2) is 4.98. The fraction of sp³-hybridized carbons (Fsp3) is 0.0714. The van der Waals surface area contributed by atoms with Crippen molar-refractivity contribution in [3.05, 3.63) is 53.6 Å². The molecule has 0 radical (unpaired) electrons. The second-order valence-electron chi connectivity index (χ2n) is 4.08. The molecule has 0 spiro atoms. The molecule has 0 N–H and O–H groups in total. The summed E-state index contributed by atoms with van der Waals surface area (Å²) >= 11 is 4.64. The maximum atomic E-state index is 14.0. The van der Waals surface area contributed by atoms with Gasteiger partial charge >= 0.3 is 0 Å². The monoisotopic (exact) mass is 339 g/mol. The van der Waals surface area contributed by atoms with Gasteiger partial charge < -0.3 is 0 Å². The highest BCUT2D eigenvalue weighted by Gasteiger charge is 2.11. The summed E-state index contributed by atoms with van der Waals surface area (Å²) < 4.78 is 28.0. The first-order valence-corrected chi connectivity index (χ1v) is 7.52. The number of rotatable bonds is 2. The fourth-order valence-corrected chi connectivity index (χ4v) is 3.15. The number of hydrogen-bond acceptors (Lipinski definition) is 2. The van der Waals surface area contributed by atoms with Gasteiger partial charge in [0.2, 0.25) is 0 Å². The zero-order chi connectivity index (χ0) is 13.4. The molecular formula is C14H8BrF2NS. The van der Waals surface area contributed by atoms with E-state index in [1.807, 2.05) is 6.07 Å². The quantitative estimate of drug-likeness (QED) is 0.589. The summed E-state index contributed by atoms with van der Waals surface area (Å²) in [4.78, 5) is 4.29. The van der Waals surface area contributed by atoms with E-state index in [0.29, 0.717) is 21.4 Å². The van der Waals surface area contributed by atoms with E-state index >= 15 is 0 Å². The van der Waals surface area contributed by atoms with E-state index in [-0.39, 0.29) is 11.6 Å². The molecule has 0 bridgehead atoms. The van der Waals surface area contributed by atoms with Gasteiger partial charge in [0.25, 0.3) is 0 Å². The van der Waals surface area contributed by atoms with Crippen LogP contribution in [-0.4, -0.2) is 4.98 Å². The number of fused-ring (bicyclic) bond motifs is 1. The number of aromatic nitrogens is 1. The Balaban J connectivity index is 2.13. The van der Waals surface area contributed by atoms with Gasteiger partial charge in [-0.15, -0.1) is 11.3 Å². The van der Waals surface area contributed by atoms with E-state index in [2.05, 4.69) is 20.9 Å². The van der Waals surface area contributed by atoms with Gasteiger partial charge in [-0.3, -0.25) is 0 Å². The number of nitrogens with zero attached hydrogens (tertiary/aromatic N) is 1. The Hall–Kier alpha value is -1.33. The third-order valence-electron chi connectivity index (χ3n) is 2.77. The third kappa shape index (κ3) is 2.40. The van der Waals surface area contributed by atoms with E-state index in [9.17, 15) is 8.78 Å². The maximum absolute atomic E-state index is 14.0. The third-order valence-corrected chi connectivity index (χ3v) is 4.48. The van der Waals surface area contributed by atoms with Crippen molar-refractivity contribution in [1.29, 1.82) is 0 Å². The Kier molecular flexibility index (Phi) is 3.33. The van der Waals surface area contributed by atoms with Crippen molar-refractivity contribution in [2.24, 2.45) is 0 Å². The Morgan fingerprint density at radius 1 is 1.11 bits per heavy atom. The van der Waals surface area contributed by atoms with Crippen molar-refractivity contribution < 1.29 is 8.78 Å². The normalized spacial score (nSPS) is 11.1. The molecule has 0 atom stereocenters. The van der Waals surface area contributed by atoms with Crippen LogP contribution in [-0.2, 0) is 5.33 Å². The Morgan fingerprint density at radius 3 is 2.68 bits per heavy atom. The van der Waals surface area contributed by atoms with Gasteiger partial charge in [-0.1, -0.05) is 22.0 Å². The second-order valence-corrected chi connectivity index (χ2v) is 5.67. The Bertz CT molecular complexity index is 754. The van der Waals surface area contributed by atoms with Crippen molar-refractivity contribution in [3.63, 3.8) is 0 Å². The highest BCUT2D eigenvalue weighted by Crippen LogP contribution is 2.32. The molecular weight excluding hydrogens is 332 g/mol. The molecule has 1 aromatic heterocycles. The maximum Gasteiger partial charge on any atom is 0.133 e. The summed E-state index contributed by atoms with van der Waals surface area (Å²) in [5, 5.41) is 1.18. The lowest BCUT2D eigenvalue weighted by Crippen LogP contribution is -1.86. The summed E-state index contributed by atoms with van der Waals surface area (Å²) in [7, 11) is 0. The highest BCUT2D eigenvalue weighted by molar-refractivity contribution is 9.08. The van der Waals surface area contributed by atoms with Crippen LogP contribution in [0.4, 0.5) is 8.78 Å². The van der Waals surface area contributed by atoms with E-state index in [1.54, 1.807) is 12.1 Å². The molecule has 5 heteroatoms. The molecule has 1 nitrogen and oxygen atoms in total.